The Balaban J connectivity index is 2.32. The highest BCUT2D eigenvalue weighted by atomic mass is 79.9. The lowest BCUT2D eigenvalue weighted by Crippen LogP contribution is -2.68. The van der Waals surface area contributed by atoms with Crippen molar-refractivity contribution in [1.29, 1.82) is 0 Å². The Morgan fingerprint density at radius 1 is 0.862 bits per heavy atom. The zero-order chi connectivity index (χ0) is 21.1. The molecule has 0 spiro atoms. The van der Waals surface area contributed by atoms with Crippen molar-refractivity contribution in [2.45, 2.75) is 25.8 Å². The van der Waals surface area contributed by atoms with Crippen LogP contribution in [-0.4, -0.2) is 21.7 Å². The van der Waals surface area contributed by atoms with E-state index in [1.807, 2.05) is 36.4 Å². The molecule has 0 aliphatic rings. The molecule has 0 aliphatic heterocycles. The van der Waals surface area contributed by atoms with Gasteiger partial charge in [-0.25, -0.2) is 0 Å². The topological polar surface area (TPSA) is 35.5 Å². The van der Waals surface area contributed by atoms with Crippen LogP contribution >= 0.6 is 15.9 Å². The molecule has 0 N–H and O–H groups in total. The highest BCUT2D eigenvalue weighted by Crippen LogP contribution is 2.41. The fourth-order valence-corrected chi connectivity index (χ4v) is 8.53. The van der Waals surface area contributed by atoms with Gasteiger partial charge in [-0.05, 0) is 43.5 Å². The summed E-state index contributed by atoms with van der Waals surface area (Å²) in [7, 11) is -1.19. The molecule has 0 bridgehead atoms. The molecular formula is C24H25BrO3Si. The number of hydrogen-bond donors (Lipinski definition) is 0. The maximum absolute atomic E-state index is 11.6. The first-order chi connectivity index (χ1) is 13.8. The summed E-state index contributed by atoms with van der Waals surface area (Å²) in [5, 5.41) is 2.14. The molecule has 5 heteroatoms. The SMILES string of the molecule is COc1cc(Br)c(C=O)cc1O[Si](c1ccccc1)(c1ccccc1)C(C)(C)C. The van der Waals surface area contributed by atoms with Gasteiger partial charge in [-0.15, -0.1) is 0 Å². The number of benzene rings is 3. The van der Waals surface area contributed by atoms with Gasteiger partial charge < -0.3 is 9.16 Å². The number of methoxy groups -OCH3 is 1. The number of hydrogen-bond acceptors (Lipinski definition) is 3. The molecule has 0 radical (unpaired) electrons. The number of halogens is 1. The lowest BCUT2D eigenvalue weighted by atomic mass is 10.2. The minimum absolute atomic E-state index is 0.185. The van der Waals surface area contributed by atoms with Gasteiger partial charge in [-0.2, -0.15) is 0 Å². The van der Waals surface area contributed by atoms with Crippen molar-refractivity contribution in [2.75, 3.05) is 7.11 Å². The van der Waals surface area contributed by atoms with Gasteiger partial charge in [0.05, 0.1) is 7.11 Å². The normalized spacial score (nSPS) is 11.8. The summed E-state index contributed by atoms with van der Waals surface area (Å²) in [6, 6.07) is 24.3. The molecule has 0 aromatic heterocycles. The molecule has 0 fully saturated rings. The van der Waals surface area contributed by atoms with Crippen molar-refractivity contribution in [3.05, 3.63) is 82.8 Å². The molecule has 0 amide bonds. The average molecular weight is 469 g/mol. The summed E-state index contributed by atoms with van der Waals surface area (Å²) < 4.78 is 13.3. The first-order valence-electron chi connectivity index (χ1n) is 9.46. The highest BCUT2D eigenvalue weighted by molar-refractivity contribution is 9.10. The van der Waals surface area contributed by atoms with E-state index in [1.165, 1.54) is 0 Å². The van der Waals surface area contributed by atoms with E-state index in [9.17, 15) is 4.79 Å². The molecular weight excluding hydrogens is 444 g/mol. The van der Waals surface area contributed by atoms with E-state index in [2.05, 4.69) is 61.0 Å². The zero-order valence-corrected chi connectivity index (χ0v) is 19.7. The van der Waals surface area contributed by atoms with Crippen molar-refractivity contribution < 1.29 is 14.0 Å². The molecule has 0 atom stereocenters. The van der Waals surface area contributed by atoms with Gasteiger partial charge in [0, 0.05) is 10.0 Å². The molecule has 0 unspecified atom stereocenters. The van der Waals surface area contributed by atoms with Gasteiger partial charge in [0.2, 0.25) is 0 Å². The van der Waals surface area contributed by atoms with E-state index in [0.717, 1.165) is 16.7 Å². The van der Waals surface area contributed by atoms with Crippen LogP contribution < -0.4 is 19.5 Å². The van der Waals surface area contributed by atoms with Gasteiger partial charge in [0.15, 0.2) is 12.0 Å². The second kappa shape index (κ2) is 8.55. The van der Waals surface area contributed by atoms with Crippen molar-refractivity contribution in [3.63, 3.8) is 0 Å². The lowest BCUT2D eigenvalue weighted by molar-refractivity contribution is 0.112. The van der Waals surface area contributed by atoms with Gasteiger partial charge in [-0.3, -0.25) is 4.79 Å². The Hall–Kier alpha value is -2.37. The molecule has 3 aromatic rings. The Kier molecular flexibility index (Phi) is 6.29. The van der Waals surface area contributed by atoms with E-state index < -0.39 is 8.32 Å². The summed E-state index contributed by atoms with van der Waals surface area (Å²) in [4.78, 5) is 11.6. The van der Waals surface area contributed by atoms with Crippen LogP contribution in [0.2, 0.25) is 5.04 Å². The molecule has 0 aliphatic carbocycles. The summed E-state index contributed by atoms with van der Waals surface area (Å²) in [6.07, 6.45) is 0.821. The maximum Gasteiger partial charge on any atom is 0.320 e. The predicted molar refractivity (Wildman–Crippen MR) is 124 cm³/mol. The van der Waals surface area contributed by atoms with E-state index in [1.54, 1.807) is 19.2 Å². The van der Waals surface area contributed by atoms with Crippen LogP contribution in [0.1, 0.15) is 31.1 Å². The number of ether oxygens (including phenoxy) is 1. The standard InChI is InChI=1S/C24H25BrO3Si/c1-24(2,3)29(19-11-7-5-8-12-19,20-13-9-6-10-14-20)28-23-15-18(17-26)21(25)16-22(23)27-4/h5-17H,1-4H3. The van der Waals surface area contributed by atoms with E-state index in [-0.39, 0.29) is 5.04 Å². The minimum Gasteiger partial charge on any atom is -0.531 e. The summed E-state index contributed by atoms with van der Waals surface area (Å²) >= 11 is 3.44. The second-order valence-electron chi connectivity index (χ2n) is 7.91. The number of carbonyl (C=O) groups excluding carboxylic acids is 1. The third-order valence-electron chi connectivity index (χ3n) is 5.09. The zero-order valence-electron chi connectivity index (χ0n) is 17.1. The number of carbonyl (C=O) groups is 1. The van der Waals surface area contributed by atoms with Crippen LogP contribution in [0.3, 0.4) is 0 Å². The molecule has 0 saturated carbocycles. The third kappa shape index (κ3) is 4.02. The van der Waals surface area contributed by atoms with Crippen molar-refractivity contribution >= 4 is 40.9 Å². The fourth-order valence-electron chi connectivity index (χ4n) is 3.69. The van der Waals surface area contributed by atoms with Gasteiger partial charge in [0.25, 0.3) is 0 Å². The molecule has 0 saturated heterocycles. The van der Waals surface area contributed by atoms with Crippen molar-refractivity contribution in [1.82, 2.24) is 0 Å². The van der Waals surface area contributed by atoms with Gasteiger partial charge >= 0.3 is 8.32 Å². The van der Waals surface area contributed by atoms with Crippen molar-refractivity contribution in [2.24, 2.45) is 0 Å². The minimum atomic E-state index is -2.80. The van der Waals surface area contributed by atoms with E-state index in [0.29, 0.717) is 21.5 Å². The quantitative estimate of drug-likeness (QED) is 0.367. The Bertz CT molecular complexity index is 943. The second-order valence-corrected chi connectivity index (χ2v) is 13.0. The largest absolute Gasteiger partial charge is 0.531 e. The summed E-state index contributed by atoms with van der Waals surface area (Å²) in [5.74, 6) is 1.17. The molecule has 150 valence electrons. The number of rotatable bonds is 6. The van der Waals surface area contributed by atoms with Crippen LogP contribution in [-0.2, 0) is 0 Å². The van der Waals surface area contributed by atoms with Crippen LogP contribution in [0.15, 0.2) is 77.3 Å². The molecule has 29 heavy (non-hydrogen) atoms. The van der Waals surface area contributed by atoms with E-state index >= 15 is 0 Å². The predicted octanol–water partition coefficient (Wildman–Crippen LogP) is 5.21. The van der Waals surface area contributed by atoms with Crippen molar-refractivity contribution in [3.8, 4) is 11.5 Å². The van der Waals surface area contributed by atoms with Crippen LogP contribution in [0, 0.1) is 0 Å². The smallest absolute Gasteiger partial charge is 0.320 e. The fraction of sp³-hybridized carbons (Fsp3) is 0.208. The van der Waals surface area contributed by atoms with Crippen LogP contribution in [0.25, 0.3) is 0 Å². The van der Waals surface area contributed by atoms with Crippen LogP contribution in [0.5, 0.6) is 11.5 Å². The summed E-state index contributed by atoms with van der Waals surface area (Å²) in [6.45, 7) is 6.64. The molecule has 3 rings (SSSR count). The van der Waals surface area contributed by atoms with Crippen LogP contribution in [0.4, 0.5) is 0 Å². The van der Waals surface area contributed by atoms with Gasteiger partial charge in [0.1, 0.15) is 5.75 Å². The molecule has 3 nitrogen and oxygen atoms in total. The number of aldehydes is 1. The Morgan fingerprint density at radius 3 is 1.79 bits per heavy atom. The Morgan fingerprint density at radius 2 is 1.38 bits per heavy atom. The maximum atomic E-state index is 11.6. The lowest BCUT2D eigenvalue weighted by Gasteiger charge is -2.43. The van der Waals surface area contributed by atoms with Gasteiger partial charge in [-0.1, -0.05) is 81.4 Å². The molecule has 3 aromatic carbocycles. The average Bonchev–Trinajstić information content (AvgIpc) is 2.73. The first kappa shape index (κ1) is 21.3. The first-order valence-corrected chi connectivity index (χ1v) is 12.2. The third-order valence-corrected chi connectivity index (χ3v) is 10.7. The Labute approximate surface area is 181 Å². The highest BCUT2D eigenvalue weighted by Gasteiger charge is 2.52. The molecule has 0 heterocycles. The monoisotopic (exact) mass is 468 g/mol. The summed E-state index contributed by atoms with van der Waals surface area (Å²) in [5.41, 5.74) is 0.527. The van der Waals surface area contributed by atoms with E-state index in [4.69, 9.17) is 9.16 Å².